The average Bonchev–Trinajstić information content (AvgIpc) is 2.47. The fourth-order valence-corrected chi connectivity index (χ4v) is 3.13. The maximum Gasteiger partial charge on any atom is 0.0420 e. The van der Waals surface area contributed by atoms with E-state index in [9.17, 15) is 0 Å². The summed E-state index contributed by atoms with van der Waals surface area (Å²) in [5.41, 5.74) is 7.65. The Morgan fingerprint density at radius 2 is 1.86 bits per heavy atom. The first-order valence-corrected chi connectivity index (χ1v) is 6.24. The first-order valence-electron chi connectivity index (χ1n) is 5.42. The molecule has 0 aromatic carbocycles. The first-order chi connectivity index (χ1) is 6.60. The molecular weight excluding hydrogens is 190 g/mol. The van der Waals surface area contributed by atoms with Gasteiger partial charge in [0.15, 0.2) is 0 Å². The molecule has 1 aromatic heterocycles. The van der Waals surface area contributed by atoms with Gasteiger partial charge in [-0.25, -0.2) is 0 Å². The van der Waals surface area contributed by atoms with Gasteiger partial charge < -0.3 is 5.73 Å². The van der Waals surface area contributed by atoms with Crippen LogP contribution in [0.25, 0.3) is 0 Å². The number of nitrogens with two attached hydrogens (primary N) is 1. The molecule has 0 saturated heterocycles. The molecule has 80 valence electrons. The molecule has 0 spiro atoms. The highest BCUT2D eigenvalue weighted by atomic mass is 32.1. The van der Waals surface area contributed by atoms with E-state index in [1.165, 1.54) is 28.2 Å². The van der Waals surface area contributed by atoms with E-state index in [2.05, 4.69) is 33.8 Å². The van der Waals surface area contributed by atoms with Gasteiger partial charge in [-0.1, -0.05) is 26.7 Å². The minimum absolute atomic E-state index is 0.240. The van der Waals surface area contributed by atoms with Gasteiger partial charge in [-0.3, -0.25) is 0 Å². The molecule has 14 heavy (non-hydrogen) atoms. The van der Waals surface area contributed by atoms with Crippen LogP contribution in [0.1, 0.15) is 48.0 Å². The van der Waals surface area contributed by atoms with Crippen LogP contribution in [-0.4, -0.2) is 0 Å². The van der Waals surface area contributed by atoms with Crippen LogP contribution < -0.4 is 5.73 Å². The first kappa shape index (κ1) is 11.7. The predicted octanol–water partition coefficient (Wildman–Crippen LogP) is 3.80. The van der Waals surface area contributed by atoms with Crippen molar-refractivity contribution < 1.29 is 0 Å². The molecular formula is C12H21NS. The van der Waals surface area contributed by atoms with Gasteiger partial charge in [0.2, 0.25) is 0 Å². The second kappa shape index (κ2) is 4.94. The Balaban J connectivity index is 2.87. The highest BCUT2D eigenvalue weighted by Crippen LogP contribution is 2.32. The summed E-state index contributed by atoms with van der Waals surface area (Å²) in [6.07, 6.45) is 2.35. The topological polar surface area (TPSA) is 26.0 Å². The Kier molecular flexibility index (Phi) is 4.14. The van der Waals surface area contributed by atoms with Crippen LogP contribution in [-0.2, 0) is 0 Å². The lowest BCUT2D eigenvalue weighted by Gasteiger charge is -2.20. The summed E-state index contributed by atoms with van der Waals surface area (Å²) in [6.45, 7) is 8.77. The molecule has 0 radical (unpaired) electrons. The fraction of sp³-hybridized carbons (Fsp3) is 0.667. The zero-order valence-electron chi connectivity index (χ0n) is 9.63. The van der Waals surface area contributed by atoms with E-state index in [1.807, 2.05) is 11.3 Å². The van der Waals surface area contributed by atoms with Gasteiger partial charge in [0.05, 0.1) is 0 Å². The van der Waals surface area contributed by atoms with Gasteiger partial charge in [0, 0.05) is 15.8 Å². The molecule has 1 nitrogen and oxygen atoms in total. The minimum atomic E-state index is 0.240. The average molecular weight is 211 g/mol. The van der Waals surface area contributed by atoms with Crippen molar-refractivity contribution in [3.8, 4) is 0 Å². The number of hydrogen-bond acceptors (Lipinski definition) is 2. The fourth-order valence-electron chi connectivity index (χ4n) is 2.00. The zero-order valence-corrected chi connectivity index (χ0v) is 10.4. The van der Waals surface area contributed by atoms with Crippen molar-refractivity contribution in [2.45, 2.75) is 46.6 Å². The quantitative estimate of drug-likeness (QED) is 0.805. The zero-order chi connectivity index (χ0) is 10.7. The van der Waals surface area contributed by atoms with Crippen molar-refractivity contribution in [3.63, 3.8) is 0 Å². The van der Waals surface area contributed by atoms with E-state index >= 15 is 0 Å². The van der Waals surface area contributed by atoms with E-state index in [0.717, 1.165) is 0 Å². The summed E-state index contributed by atoms with van der Waals surface area (Å²) >= 11 is 1.86. The Bertz CT molecular complexity index is 287. The minimum Gasteiger partial charge on any atom is -0.323 e. The summed E-state index contributed by atoms with van der Waals surface area (Å²) in [7, 11) is 0. The SMILES string of the molecule is CCC(CC)C(N)c1sc(C)cc1C. The van der Waals surface area contributed by atoms with E-state index in [-0.39, 0.29) is 6.04 Å². The summed E-state index contributed by atoms with van der Waals surface area (Å²) < 4.78 is 0. The van der Waals surface area contributed by atoms with E-state index in [4.69, 9.17) is 5.73 Å². The van der Waals surface area contributed by atoms with Crippen molar-refractivity contribution in [3.05, 3.63) is 21.4 Å². The molecule has 1 aromatic rings. The number of hydrogen-bond donors (Lipinski definition) is 1. The lowest BCUT2D eigenvalue weighted by atomic mass is 9.92. The Labute approximate surface area is 91.3 Å². The normalized spacial score (nSPS) is 13.6. The summed E-state index contributed by atoms with van der Waals surface area (Å²) in [5, 5.41) is 0. The van der Waals surface area contributed by atoms with Crippen molar-refractivity contribution in [1.82, 2.24) is 0 Å². The summed E-state index contributed by atoms with van der Waals surface area (Å²) in [6, 6.07) is 2.48. The van der Waals surface area contributed by atoms with Gasteiger partial charge in [0.1, 0.15) is 0 Å². The van der Waals surface area contributed by atoms with Gasteiger partial charge in [-0.05, 0) is 31.4 Å². The van der Waals surface area contributed by atoms with Crippen molar-refractivity contribution in [2.75, 3.05) is 0 Å². The van der Waals surface area contributed by atoms with Crippen molar-refractivity contribution in [1.29, 1.82) is 0 Å². The third-order valence-corrected chi connectivity index (χ3v) is 4.19. The molecule has 0 amide bonds. The van der Waals surface area contributed by atoms with Crippen molar-refractivity contribution >= 4 is 11.3 Å². The Morgan fingerprint density at radius 3 is 2.21 bits per heavy atom. The van der Waals surface area contributed by atoms with Crippen LogP contribution in [0.3, 0.4) is 0 Å². The Hall–Kier alpha value is -0.340. The van der Waals surface area contributed by atoms with E-state index < -0.39 is 0 Å². The third-order valence-electron chi connectivity index (χ3n) is 2.94. The highest BCUT2D eigenvalue weighted by molar-refractivity contribution is 7.12. The molecule has 2 N–H and O–H groups in total. The van der Waals surface area contributed by atoms with Gasteiger partial charge >= 0.3 is 0 Å². The lowest BCUT2D eigenvalue weighted by Crippen LogP contribution is -2.19. The van der Waals surface area contributed by atoms with Crippen molar-refractivity contribution in [2.24, 2.45) is 11.7 Å². The Morgan fingerprint density at radius 1 is 1.29 bits per heavy atom. The maximum atomic E-state index is 6.28. The number of aryl methyl sites for hydroxylation is 2. The molecule has 1 atom stereocenters. The summed E-state index contributed by atoms with van der Waals surface area (Å²) in [4.78, 5) is 2.76. The molecule has 1 heterocycles. The molecule has 1 rings (SSSR count). The molecule has 0 saturated carbocycles. The monoisotopic (exact) mass is 211 g/mol. The van der Waals surface area contributed by atoms with Crippen LogP contribution in [0, 0.1) is 19.8 Å². The van der Waals surface area contributed by atoms with Crippen LogP contribution in [0.4, 0.5) is 0 Å². The third kappa shape index (κ3) is 2.37. The number of rotatable bonds is 4. The lowest BCUT2D eigenvalue weighted by molar-refractivity contribution is 0.409. The van der Waals surface area contributed by atoms with Crippen LogP contribution in [0.5, 0.6) is 0 Å². The largest absolute Gasteiger partial charge is 0.323 e. The van der Waals surface area contributed by atoms with E-state index in [0.29, 0.717) is 5.92 Å². The molecule has 1 unspecified atom stereocenters. The molecule has 2 heteroatoms. The standard InChI is InChI=1S/C12H21NS/c1-5-10(6-2)11(13)12-8(3)7-9(4)14-12/h7,10-11H,5-6,13H2,1-4H3. The molecule has 0 bridgehead atoms. The van der Waals surface area contributed by atoms with Crippen LogP contribution >= 0.6 is 11.3 Å². The van der Waals surface area contributed by atoms with Crippen LogP contribution in [0.2, 0.25) is 0 Å². The molecule has 0 aliphatic heterocycles. The smallest absolute Gasteiger partial charge is 0.0420 e. The second-order valence-corrected chi connectivity index (χ2v) is 5.29. The second-order valence-electron chi connectivity index (χ2n) is 4.01. The molecule has 0 aliphatic carbocycles. The highest BCUT2D eigenvalue weighted by Gasteiger charge is 2.19. The number of thiophene rings is 1. The maximum absolute atomic E-state index is 6.28. The predicted molar refractivity (Wildman–Crippen MR) is 64.8 cm³/mol. The molecule has 0 fully saturated rings. The van der Waals surface area contributed by atoms with Gasteiger partial charge in [0.25, 0.3) is 0 Å². The van der Waals surface area contributed by atoms with Crippen LogP contribution in [0.15, 0.2) is 6.07 Å². The van der Waals surface area contributed by atoms with Gasteiger partial charge in [-0.2, -0.15) is 0 Å². The van der Waals surface area contributed by atoms with Gasteiger partial charge in [-0.15, -0.1) is 11.3 Å². The molecule has 0 aliphatic rings. The van der Waals surface area contributed by atoms with E-state index in [1.54, 1.807) is 0 Å². The summed E-state index contributed by atoms with van der Waals surface area (Å²) in [5.74, 6) is 0.631.